The quantitative estimate of drug-likeness (QED) is 0.555. The lowest BCUT2D eigenvalue weighted by atomic mass is 9.62. The van der Waals surface area contributed by atoms with Crippen LogP contribution in [-0.4, -0.2) is 39.8 Å². The summed E-state index contributed by atoms with van der Waals surface area (Å²) < 4.78 is 65.2. The van der Waals surface area contributed by atoms with Gasteiger partial charge in [-0.05, 0) is 50.3 Å². The molecule has 1 saturated heterocycles. The summed E-state index contributed by atoms with van der Waals surface area (Å²) in [6.07, 6.45) is 0.270. The second-order valence-corrected chi connectivity index (χ2v) is 11.8. The van der Waals surface area contributed by atoms with E-state index in [2.05, 4.69) is 5.10 Å². The minimum absolute atomic E-state index is 0.0129. The first-order chi connectivity index (χ1) is 17.0. The third-order valence-corrected chi connectivity index (χ3v) is 9.81. The number of halogens is 2. The molecule has 36 heavy (non-hydrogen) atoms. The van der Waals surface area contributed by atoms with Crippen LogP contribution in [0.3, 0.4) is 0 Å². The molecule has 2 fully saturated rings. The van der Waals surface area contributed by atoms with Gasteiger partial charge in [0.2, 0.25) is 15.9 Å². The van der Waals surface area contributed by atoms with Crippen LogP contribution in [0.1, 0.15) is 60.4 Å². The van der Waals surface area contributed by atoms with Gasteiger partial charge in [-0.25, -0.2) is 22.0 Å². The molecule has 1 saturated carbocycles. The Morgan fingerprint density at radius 1 is 1.14 bits per heavy atom. The van der Waals surface area contributed by atoms with Crippen LogP contribution < -0.4 is 5.76 Å². The van der Waals surface area contributed by atoms with Crippen molar-refractivity contribution in [2.75, 3.05) is 0 Å². The van der Waals surface area contributed by atoms with Gasteiger partial charge in [-0.3, -0.25) is 0 Å². The highest BCUT2D eigenvalue weighted by atomic mass is 32.2. The fourth-order valence-corrected chi connectivity index (χ4v) is 7.58. The summed E-state index contributed by atoms with van der Waals surface area (Å²) in [6, 6.07) is 10.5. The third-order valence-electron chi connectivity index (χ3n) is 7.44. The molecule has 2 heterocycles. The van der Waals surface area contributed by atoms with Gasteiger partial charge in [0.1, 0.15) is 16.9 Å². The summed E-state index contributed by atoms with van der Waals surface area (Å²) in [5, 5.41) is 13.2. The summed E-state index contributed by atoms with van der Waals surface area (Å²) in [6.45, 7) is 1.44. The molecule has 192 valence electrons. The van der Waals surface area contributed by atoms with Gasteiger partial charge in [-0.15, -0.1) is 5.10 Å². The van der Waals surface area contributed by atoms with E-state index >= 15 is 8.78 Å². The molecule has 0 unspecified atom stereocenters. The zero-order valence-electron chi connectivity index (χ0n) is 19.9. The van der Waals surface area contributed by atoms with Crippen molar-refractivity contribution in [1.29, 1.82) is 0 Å². The molecule has 5 rings (SSSR count). The Bertz CT molecular complexity index is 1450. The van der Waals surface area contributed by atoms with Gasteiger partial charge in [0.25, 0.3) is 0 Å². The number of hydrogen-bond donors (Lipinski definition) is 1. The van der Waals surface area contributed by atoms with Gasteiger partial charge in [0.15, 0.2) is 0 Å². The molecule has 0 radical (unpaired) electrons. The highest BCUT2D eigenvalue weighted by Gasteiger charge is 2.52. The summed E-state index contributed by atoms with van der Waals surface area (Å²) in [4.78, 5) is 11.8. The van der Waals surface area contributed by atoms with Crippen LogP contribution in [0.2, 0.25) is 0 Å². The Labute approximate surface area is 207 Å². The van der Waals surface area contributed by atoms with Crippen molar-refractivity contribution in [2.45, 2.75) is 62.0 Å². The molecule has 1 aliphatic heterocycles. The minimum atomic E-state index is -3.83. The van der Waals surface area contributed by atoms with E-state index in [0.29, 0.717) is 18.4 Å². The van der Waals surface area contributed by atoms with E-state index in [1.807, 2.05) is 6.07 Å². The van der Waals surface area contributed by atoms with Crippen LogP contribution in [0.4, 0.5) is 8.78 Å². The Balaban J connectivity index is 1.49. The maximum atomic E-state index is 15.5. The fraction of sp³-hybridized carbons (Fsp3) is 0.440. The molecule has 2 aromatic carbocycles. The Morgan fingerprint density at radius 3 is 2.44 bits per heavy atom. The number of rotatable bonds is 5. The third kappa shape index (κ3) is 3.99. The molecule has 0 spiro atoms. The van der Waals surface area contributed by atoms with Crippen molar-refractivity contribution < 1.29 is 26.7 Å². The van der Waals surface area contributed by atoms with Crippen LogP contribution in [0.25, 0.3) is 0 Å². The van der Waals surface area contributed by atoms with E-state index in [1.54, 1.807) is 31.2 Å². The molecule has 2 atom stereocenters. The normalized spacial score (nSPS) is 28.1. The van der Waals surface area contributed by atoms with Gasteiger partial charge in [-0.2, -0.15) is 8.99 Å². The van der Waals surface area contributed by atoms with E-state index in [4.69, 9.17) is 4.42 Å². The van der Waals surface area contributed by atoms with Gasteiger partial charge in [-0.1, -0.05) is 30.3 Å². The van der Waals surface area contributed by atoms with Crippen molar-refractivity contribution in [1.82, 2.24) is 14.1 Å². The average molecular weight is 520 g/mol. The SMILES string of the molecule is C[C@H]1CC[C@H](c2ccccc2)S(=O)(=O)N1Cc1cc(F)c([C@]2(c3nn(C)c(=O)o3)C[C@H](O)C2)cc1F. The Hall–Kier alpha value is -2.89. The van der Waals surface area contributed by atoms with E-state index in [9.17, 15) is 18.3 Å². The maximum Gasteiger partial charge on any atom is 0.436 e. The molecular weight excluding hydrogens is 492 g/mol. The zero-order valence-corrected chi connectivity index (χ0v) is 20.7. The van der Waals surface area contributed by atoms with Crippen LogP contribution >= 0.6 is 0 Å². The van der Waals surface area contributed by atoms with Gasteiger partial charge in [0, 0.05) is 30.8 Å². The Morgan fingerprint density at radius 2 is 1.83 bits per heavy atom. The first-order valence-electron chi connectivity index (χ1n) is 11.8. The van der Waals surface area contributed by atoms with Crippen molar-refractivity contribution in [3.63, 3.8) is 0 Å². The van der Waals surface area contributed by atoms with Crippen LogP contribution in [0.5, 0.6) is 0 Å². The molecule has 2 aliphatic rings. The standard InChI is InChI=1S/C25H27F2N3O5S/c1-15-8-9-22(16-6-4-3-5-7-16)36(33,34)30(15)14-17-10-21(27)19(11-20(17)26)25(12-18(31)13-25)23-28-29(2)24(32)35-23/h3-7,10-11,15,18,22,31H,8-9,12-14H2,1-2H3/t15-,18-,22+,25-/m0/s1. The second-order valence-electron chi connectivity index (χ2n) is 9.78. The van der Waals surface area contributed by atoms with E-state index < -0.39 is 44.2 Å². The summed E-state index contributed by atoms with van der Waals surface area (Å²) in [7, 11) is -2.45. The van der Waals surface area contributed by atoms with Crippen LogP contribution in [-0.2, 0) is 29.0 Å². The topological polar surface area (TPSA) is 106 Å². The average Bonchev–Trinajstić information content (AvgIpc) is 3.15. The first-order valence-corrected chi connectivity index (χ1v) is 13.3. The number of aromatic nitrogens is 2. The summed E-state index contributed by atoms with van der Waals surface area (Å²) in [5.74, 6) is -2.41. The van der Waals surface area contributed by atoms with E-state index in [1.165, 1.54) is 11.4 Å². The molecular formula is C25H27F2N3O5S. The lowest BCUT2D eigenvalue weighted by molar-refractivity contribution is 0.0226. The van der Waals surface area contributed by atoms with Crippen molar-refractivity contribution >= 4 is 10.0 Å². The first kappa shape index (κ1) is 24.8. The molecule has 1 aromatic heterocycles. The number of aryl methyl sites for hydroxylation is 1. The summed E-state index contributed by atoms with van der Waals surface area (Å²) >= 11 is 0. The van der Waals surface area contributed by atoms with E-state index in [0.717, 1.165) is 16.8 Å². The van der Waals surface area contributed by atoms with E-state index in [-0.39, 0.29) is 42.4 Å². The number of hydrogen-bond acceptors (Lipinski definition) is 6. The van der Waals surface area contributed by atoms with Crippen LogP contribution in [0.15, 0.2) is 51.7 Å². The van der Waals surface area contributed by atoms with Crippen molar-refractivity contribution in [3.8, 4) is 0 Å². The predicted octanol–water partition coefficient (Wildman–Crippen LogP) is 3.15. The Kier molecular flexibility index (Phi) is 6.12. The molecule has 0 bridgehead atoms. The molecule has 3 aromatic rings. The lowest BCUT2D eigenvalue weighted by Crippen LogP contribution is -2.47. The molecule has 1 aliphatic carbocycles. The summed E-state index contributed by atoms with van der Waals surface area (Å²) in [5.41, 5.74) is -0.809. The van der Waals surface area contributed by atoms with Crippen LogP contribution in [0, 0.1) is 11.6 Å². The number of nitrogens with zero attached hydrogens (tertiary/aromatic N) is 3. The monoisotopic (exact) mass is 519 g/mol. The smallest absolute Gasteiger partial charge is 0.393 e. The van der Waals surface area contributed by atoms with Gasteiger partial charge in [0.05, 0.1) is 11.5 Å². The lowest BCUT2D eigenvalue weighted by Gasteiger charge is -2.43. The number of aliphatic hydroxyl groups excluding tert-OH is 1. The number of benzene rings is 2. The zero-order chi connectivity index (χ0) is 25.8. The highest BCUT2D eigenvalue weighted by Crippen LogP contribution is 2.49. The van der Waals surface area contributed by atoms with Gasteiger partial charge >= 0.3 is 5.76 Å². The maximum absolute atomic E-state index is 15.5. The van der Waals surface area contributed by atoms with Crippen molar-refractivity contribution in [2.24, 2.45) is 7.05 Å². The number of sulfonamides is 1. The second kappa shape index (κ2) is 8.89. The number of aliphatic hydroxyl groups is 1. The molecule has 1 N–H and O–H groups in total. The van der Waals surface area contributed by atoms with Crippen molar-refractivity contribution in [3.05, 3.63) is 87.2 Å². The van der Waals surface area contributed by atoms with Gasteiger partial charge < -0.3 is 9.52 Å². The molecule has 0 amide bonds. The minimum Gasteiger partial charge on any atom is -0.393 e. The highest BCUT2D eigenvalue weighted by molar-refractivity contribution is 7.89. The predicted molar refractivity (Wildman–Crippen MR) is 126 cm³/mol. The largest absolute Gasteiger partial charge is 0.436 e. The fourth-order valence-electron chi connectivity index (χ4n) is 5.39. The molecule has 8 nitrogen and oxygen atoms in total. The molecule has 11 heteroatoms.